The summed E-state index contributed by atoms with van der Waals surface area (Å²) in [5.74, 6) is 0. The minimum absolute atomic E-state index is 0.230. The van der Waals surface area contributed by atoms with E-state index in [1.54, 1.807) is 0 Å². The number of aromatic nitrogens is 2. The van der Waals surface area contributed by atoms with Crippen LogP contribution in [0.3, 0.4) is 0 Å². The molecule has 0 bridgehead atoms. The van der Waals surface area contributed by atoms with E-state index in [1.165, 1.54) is 11.3 Å². The summed E-state index contributed by atoms with van der Waals surface area (Å²) in [7, 11) is 0. The minimum atomic E-state index is -2.41. The molecule has 1 heterocycles. The molecule has 0 amide bonds. The minimum Gasteiger partial charge on any atom is -0.375 e. The zero-order valence-electron chi connectivity index (χ0n) is 11.4. The molecule has 0 aromatic carbocycles. The topological polar surface area (TPSA) is 47.0 Å². The fourth-order valence-corrected chi connectivity index (χ4v) is 2.55. The second-order valence-corrected chi connectivity index (χ2v) is 5.26. The van der Waals surface area contributed by atoms with E-state index in [1.807, 2.05) is 0 Å². The Bertz CT molecular complexity index is 349. The number of hydrogen-bond donors (Lipinski definition) is 1. The largest absolute Gasteiger partial charge is 0.375 e. The van der Waals surface area contributed by atoms with Crippen molar-refractivity contribution in [1.29, 1.82) is 0 Å². The smallest absolute Gasteiger partial charge is 0.261 e. The summed E-state index contributed by atoms with van der Waals surface area (Å²) >= 11 is 1.52. The highest BCUT2D eigenvalue weighted by Crippen LogP contribution is 2.21. The standard InChI is InChI=1S/C12H21F2N3OS/c1-3-6-15-9(4-2)12-17-16-11(19-12)5-7-18-8-10(13)14/h9-10,15H,3-8H2,1-2H3. The Labute approximate surface area is 116 Å². The Hall–Kier alpha value is -0.660. The van der Waals surface area contributed by atoms with Gasteiger partial charge in [-0.25, -0.2) is 8.78 Å². The van der Waals surface area contributed by atoms with Gasteiger partial charge in [-0.05, 0) is 19.4 Å². The number of ether oxygens (including phenoxy) is 1. The second kappa shape index (κ2) is 9.28. The summed E-state index contributed by atoms with van der Waals surface area (Å²) in [5, 5.41) is 13.4. The molecule has 0 aliphatic carbocycles. The van der Waals surface area contributed by atoms with Crippen LogP contribution < -0.4 is 5.32 Å². The molecule has 110 valence electrons. The SMILES string of the molecule is CCCNC(CC)c1nnc(CCOCC(F)F)s1. The Morgan fingerprint density at radius 2 is 2.11 bits per heavy atom. The lowest BCUT2D eigenvalue weighted by Crippen LogP contribution is -2.21. The van der Waals surface area contributed by atoms with Gasteiger partial charge in [-0.3, -0.25) is 0 Å². The van der Waals surface area contributed by atoms with Crippen molar-refractivity contribution >= 4 is 11.3 Å². The van der Waals surface area contributed by atoms with Gasteiger partial charge in [0.1, 0.15) is 16.6 Å². The van der Waals surface area contributed by atoms with E-state index in [9.17, 15) is 8.78 Å². The molecule has 0 radical (unpaired) electrons. The van der Waals surface area contributed by atoms with Crippen LogP contribution in [-0.2, 0) is 11.2 Å². The molecule has 0 aliphatic rings. The highest BCUT2D eigenvalue weighted by atomic mass is 32.1. The highest BCUT2D eigenvalue weighted by molar-refractivity contribution is 7.11. The Kier molecular flexibility index (Phi) is 8.00. The average molecular weight is 293 g/mol. The van der Waals surface area contributed by atoms with E-state index in [-0.39, 0.29) is 12.6 Å². The van der Waals surface area contributed by atoms with Crippen molar-refractivity contribution in [1.82, 2.24) is 15.5 Å². The fraction of sp³-hybridized carbons (Fsp3) is 0.833. The molecule has 19 heavy (non-hydrogen) atoms. The normalized spacial score (nSPS) is 13.1. The molecule has 1 aromatic heterocycles. The van der Waals surface area contributed by atoms with Gasteiger partial charge in [0, 0.05) is 6.42 Å². The van der Waals surface area contributed by atoms with Crippen LogP contribution in [0.4, 0.5) is 8.78 Å². The van der Waals surface area contributed by atoms with Crippen molar-refractivity contribution in [2.45, 2.75) is 45.6 Å². The summed E-state index contributed by atoms with van der Waals surface area (Å²) in [5.41, 5.74) is 0. The monoisotopic (exact) mass is 293 g/mol. The van der Waals surface area contributed by atoms with Crippen LogP contribution >= 0.6 is 11.3 Å². The fourth-order valence-electron chi connectivity index (χ4n) is 1.57. The molecule has 0 fully saturated rings. The predicted octanol–water partition coefficient (Wildman–Crippen LogP) is 2.81. The molecule has 0 aliphatic heterocycles. The molecule has 1 rings (SSSR count). The maximum Gasteiger partial charge on any atom is 0.261 e. The summed E-state index contributed by atoms with van der Waals surface area (Å²) in [6, 6.07) is 0.230. The van der Waals surface area contributed by atoms with Gasteiger partial charge in [-0.1, -0.05) is 25.2 Å². The Morgan fingerprint density at radius 1 is 1.32 bits per heavy atom. The Morgan fingerprint density at radius 3 is 2.74 bits per heavy atom. The first-order valence-corrected chi connectivity index (χ1v) is 7.40. The first kappa shape index (κ1) is 16.4. The first-order valence-electron chi connectivity index (χ1n) is 6.58. The molecular weight excluding hydrogens is 272 g/mol. The molecule has 1 aromatic rings. The summed E-state index contributed by atoms with van der Waals surface area (Å²) in [4.78, 5) is 0. The van der Waals surface area contributed by atoms with Crippen LogP contribution in [0.2, 0.25) is 0 Å². The van der Waals surface area contributed by atoms with Gasteiger partial charge >= 0.3 is 0 Å². The summed E-state index contributed by atoms with van der Waals surface area (Å²) in [6.07, 6.45) is 0.155. The van der Waals surface area contributed by atoms with Gasteiger partial charge in [0.05, 0.1) is 12.6 Å². The van der Waals surface area contributed by atoms with Crippen molar-refractivity contribution in [3.05, 3.63) is 10.0 Å². The maximum atomic E-state index is 11.9. The van der Waals surface area contributed by atoms with Crippen molar-refractivity contribution in [2.24, 2.45) is 0 Å². The number of nitrogens with one attached hydrogen (secondary N) is 1. The molecule has 4 nitrogen and oxygen atoms in total. The van der Waals surface area contributed by atoms with Crippen molar-refractivity contribution in [2.75, 3.05) is 19.8 Å². The maximum absolute atomic E-state index is 11.9. The zero-order valence-corrected chi connectivity index (χ0v) is 12.2. The number of rotatable bonds is 10. The van der Waals surface area contributed by atoms with Crippen LogP contribution in [0, 0.1) is 0 Å². The quantitative estimate of drug-likeness (QED) is 0.674. The molecule has 0 saturated heterocycles. The Balaban J connectivity index is 2.37. The van der Waals surface area contributed by atoms with Gasteiger partial charge in [-0.15, -0.1) is 10.2 Å². The van der Waals surface area contributed by atoms with Crippen molar-refractivity contribution < 1.29 is 13.5 Å². The van der Waals surface area contributed by atoms with Gasteiger partial charge < -0.3 is 10.1 Å². The first-order chi connectivity index (χ1) is 9.17. The molecular formula is C12H21F2N3OS. The predicted molar refractivity (Wildman–Crippen MR) is 71.8 cm³/mol. The van der Waals surface area contributed by atoms with Gasteiger partial charge in [0.25, 0.3) is 6.43 Å². The van der Waals surface area contributed by atoms with Crippen LogP contribution in [0.25, 0.3) is 0 Å². The van der Waals surface area contributed by atoms with E-state index in [2.05, 4.69) is 29.4 Å². The molecule has 7 heteroatoms. The average Bonchev–Trinajstić information content (AvgIpc) is 2.84. The van der Waals surface area contributed by atoms with Crippen LogP contribution in [0.15, 0.2) is 0 Å². The third kappa shape index (κ3) is 6.35. The molecule has 1 N–H and O–H groups in total. The van der Waals surface area contributed by atoms with E-state index < -0.39 is 13.0 Å². The van der Waals surface area contributed by atoms with E-state index in [4.69, 9.17) is 4.74 Å². The summed E-state index contributed by atoms with van der Waals surface area (Å²) in [6.45, 7) is 4.91. The van der Waals surface area contributed by atoms with Crippen LogP contribution in [0.5, 0.6) is 0 Å². The van der Waals surface area contributed by atoms with Gasteiger partial charge in [0.2, 0.25) is 0 Å². The lowest BCUT2D eigenvalue weighted by atomic mass is 10.2. The van der Waals surface area contributed by atoms with Crippen LogP contribution in [-0.4, -0.2) is 36.4 Å². The lowest BCUT2D eigenvalue weighted by molar-refractivity contribution is 0.0186. The highest BCUT2D eigenvalue weighted by Gasteiger charge is 2.14. The van der Waals surface area contributed by atoms with E-state index in [0.29, 0.717) is 6.42 Å². The van der Waals surface area contributed by atoms with Gasteiger partial charge in [0.15, 0.2) is 0 Å². The molecule has 0 spiro atoms. The van der Waals surface area contributed by atoms with Gasteiger partial charge in [-0.2, -0.15) is 0 Å². The number of halogens is 2. The zero-order chi connectivity index (χ0) is 14.1. The lowest BCUT2D eigenvalue weighted by Gasteiger charge is -2.12. The number of nitrogens with zero attached hydrogens (tertiary/aromatic N) is 2. The van der Waals surface area contributed by atoms with Crippen LogP contribution in [0.1, 0.15) is 42.7 Å². The van der Waals surface area contributed by atoms with E-state index >= 15 is 0 Å². The van der Waals surface area contributed by atoms with Crippen molar-refractivity contribution in [3.8, 4) is 0 Å². The molecule has 1 unspecified atom stereocenters. The molecule has 0 saturated carbocycles. The summed E-state index contributed by atoms with van der Waals surface area (Å²) < 4.78 is 28.6. The second-order valence-electron chi connectivity index (χ2n) is 4.16. The van der Waals surface area contributed by atoms with E-state index in [0.717, 1.165) is 29.4 Å². The number of alkyl halides is 2. The molecule has 1 atom stereocenters. The third-order valence-electron chi connectivity index (χ3n) is 2.53. The third-order valence-corrected chi connectivity index (χ3v) is 3.63. The number of hydrogen-bond acceptors (Lipinski definition) is 5. The van der Waals surface area contributed by atoms with Crippen molar-refractivity contribution in [3.63, 3.8) is 0 Å².